The van der Waals surface area contributed by atoms with Gasteiger partial charge in [0, 0.05) is 17.6 Å². The van der Waals surface area contributed by atoms with E-state index in [-0.39, 0.29) is 16.7 Å². The molecule has 6 heteroatoms. The number of nitrogens with one attached hydrogen (secondary N) is 1. The monoisotopic (exact) mass is 361 g/mol. The van der Waals surface area contributed by atoms with Gasteiger partial charge in [0.1, 0.15) is 11.6 Å². The van der Waals surface area contributed by atoms with Gasteiger partial charge in [-0.25, -0.2) is 8.78 Å². The summed E-state index contributed by atoms with van der Waals surface area (Å²) in [6.45, 7) is 0.0552. The van der Waals surface area contributed by atoms with Gasteiger partial charge in [-0.05, 0) is 39.7 Å². The minimum absolute atomic E-state index is 0.00119. The molecule has 0 spiro atoms. The van der Waals surface area contributed by atoms with E-state index >= 15 is 0 Å². The fourth-order valence-electron chi connectivity index (χ4n) is 1.67. The smallest absolute Gasteiger partial charge is 0.147 e. The number of rotatable bonds is 4. The molecule has 2 nitrogen and oxygen atoms in total. The van der Waals surface area contributed by atoms with Crippen LogP contribution in [0, 0.1) is 11.6 Å². The Labute approximate surface area is 128 Å². The van der Waals surface area contributed by atoms with E-state index in [1.165, 1.54) is 0 Å². The third-order valence-corrected chi connectivity index (χ3v) is 3.61. The minimum atomic E-state index is -0.849. The standard InChI is InChI=1S/C14H11BrClF2NO/c15-10-5-12(18)13(6-11(10)17)19-7-14(20)8-1-3-9(16)4-2-8/h1-6,14,19-20H,7H2. The molecule has 2 N–H and O–H groups in total. The molecular formula is C14H11BrClF2NO. The lowest BCUT2D eigenvalue weighted by Crippen LogP contribution is -2.13. The van der Waals surface area contributed by atoms with Crippen LogP contribution in [0.2, 0.25) is 5.02 Å². The summed E-state index contributed by atoms with van der Waals surface area (Å²) in [5.74, 6) is -1.17. The van der Waals surface area contributed by atoms with Crippen LogP contribution in [0.1, 0.15) is 11.7 Å². The summed E-state index contributed by atoms with van der Waals surface area (Å²) in [7, 11) is 0. The maximum atomic E-state index is 13.6. The Morgan fingerprint density at radius 3 is 2.45 bits per heavy atom. The molecule has 1 atom stereocenters. The van der Waals surface area contributed by atoms with Crippen molar-refractivity contribution in [3.63, 3.8) is 0 Å². The summed E-state index contributed by atoms with van der Waals surface area (Å²) in [6.07, 6.45) is -0.849. The molecule has 106 valence electrons. The zero-order valence-corrected chi connectivity index (χ0v) is 12.5. The molecule has 0 heterocycles. The number of hydrogen-bond donors (Lipinski definition) is 2. The number of hydrogen-bond acceptors (Lipinski definition) is 2. The predicted octanol–water partition coefficient (Wildman–Crippen LogP) is 4.53. The van der Waals surface area contributed by atoms with Crippen LogP contribution in [0.15, 0.2) is 40.9 Å². The van der Waals surface area contributed by atoms with E-state index in [4.69, 9.17) is 11.6 Å². The van der Waals surface area contributed by atoms with Gasteiger partial charge in [-0.2, -0.15) is 0 Å². The fourth-order valence-corrected chi connectivity index (χ4v) is 2.11. The van der Waals surface area contributed by atoms with E-state index in [1.54, 1.807) is 24.3 Å². The summed E-state index contributed by atoms with van der Waals surface area (Å²) in [6, 6.07) is 8.72. The van der Waals surface area contributed by atoms with Gasteiger partial charge in [0.15, 0.2) is 0 Å². The van der Waals surface area contributed by atoms with Gasteiger partial charge in [-0.15, -0.1) is 0 Å². The van der Waals surface area contributed by atoms with Crippen molar-refractivity contribution < 1.29 is 13.9 Å². The molecule has 0 amide bonds. The largest absolute Gasteiger partial charge is 0.387 e. The summed E-state index contributed by atoms with van der Waals surface area (Å²) < 4.78 is 27.0. The highest BCUT2D eigenvalue weighted by molar-refractivity contribution is 9.10. The van der Waals surface area contributed by atoms with Gasteiger partial charge in [0.25, 0.3) is 0 Å². The second-order valence-electron chi connectivity index (χ2n) is 4.19. The van der Waals surface area contributed by atoms with Crippen molar-refractivity contribution in [3.8, 4) is 0 Å². The van der Waals surface area contributed by atoms with Crippen LogP contribution >= 0.6 is 27.5 Å². The van der Waals surface area contributed by atoms with Gasteiger partial charge in [0.2, 0.25) is 0 Å². The molecule has 0 aromatic heterocycles. The lowest BCUT2D eigenvalue weighted by atomic mass is 10.1. The molecule has 1 unspecified atom stereocenters. The third-order valence-electron chi connectivity index (χ3n) is 2.75. The highest BCUT2D eigenvalue weighted by Gasteiger charge is 2.11. The van der Waals surface area contributed by atoms with Crippen LogP contribution < -0.4 is 5.32 Å². The Hall–Kier alpha value is -1.17. The first-order chi connectivity index (χ1) is 9.47. The number of aliphatic hydroxyl groups is 1. The van der Waals surface area contributed by atoms with Crippen LogP contribution in [0.4, 0.5) is 14.5 Å². The number of halogens is 4. The lowest BCUT2D eigenvalue weighted by Gasteiger charge is -2.14. The normalized spacial score (nSPS) is 12.2. The van der Waals surface area contributed by atoms with E-state index in [2.05, 4.69) is 21.2 Å². The molecule has 0 aliphatic heterocycles. The van der Waals surface area contributed by atoms with Crippen molar-refractivity contribution in [1.82, 2.24) is 0 Å². The first kappa shape index (κ1) is 15.2. The Bertz CT molecular complexity index is 607. The summed E-state index contributed by atoms with van der Waals surface area (Å²) in [5.41, 5.74) is 0.638. The molecule has 0 bridgehead atoms. The van der Waals surface area contributed by atoms with E-state index in [0.29, 0.717) is 10.6 Å². The molecule has 0 aliphatic rings. The highest BCUT2D eigenvalue weighted by Crippen LogP contribution is 2.24. The van der Waals surface area contributed by atoms with Crippen molar-refractivity contribution in [1.29, 1.82) is 0 Å². The molecule has 0 radical (unpaired) electrons. The number of benzene rings is 2. The first-order valence-corrected chi connectivity index (χ1v) is 6.96. The fraction of sp³-hybridized carbons (Fsp3) is 0.143. The van der Waals surface area contributed by atoms with Crippen molar-refractivity contribution >= 4 is 33.2 Å². The van der Waals surface area contributed by atoms with E-state index in [1.807, 2.05) is 0 Å². The van der Waals surface area contributed by atoms with Gasteiger partial charge >= 0.3 is 0 Å². The number of aliphatic hydroxyl groups excluding tert-OH is 1. The van der Waals surface area contributed by atoms with Crippen molar-refractivity contribution in [2.45, 2.75) is 6.10 Å². The van der Waals surface area contributed by atoms with Crippen LogP contribution in [0.5, 0.6) is 0 Å². The first-order valence-electron chi connectivity index (χ1n) is 5.79. The molecule has 2 aromatic carbocycles. The van der Waals surface area contributed by atoms with Crippen LogP contribution in [-0.4, -0.2) is 11.7 Å². The molecule has 0 fully saturated rings. The number of anilines is 1. The molecule has 2 rings (SSSR count). The SMILES string of the molecule is OC(CNc1cc(F)c(Br)cc1F)c1ccc(Cl)cc1. The zero-order valence-electron chi connectivity index (χ0n) is 10.2. The second kappa shape index (κ2) is 6.52. The van der Waals surface area contributed by atoms with Crippen LogP contribution in [0.25, 0.3) is 0 Å². The van der Waals surface area contributed by atoms with Crippen LogP contribution in [0.3, 0.4) is 0 Å². The average Bonchev–Trinajstić information content (AvgIpc) is 2.42. The second-order valence-corrected chi connectivity index (χ2v) is 5.49. The Kier molecular flexibility index (Phi) is 4.96. The van der Waals surface area contributed by atoms with Gasteiger partial charge in [-0.1, -0.05) is 23.7 Å². The van der Waals surface area contributed by atoms with Gasteiger partial charge in [-0.3, -0.25) is 0 Å². The van der Waals surface area contributed by atoms with Gasteiger partial charge in [0.05, 0.1) is 16.3 Å². The molecular weight excluding hydrogens is 352 g/mol. The lowest BCUT2D eigenvalue weighted by molar-refractivity contribution is 0.191. The minimum Gasteiger partial charge on any atom is -0.387 e. The average molecular weight is 363 g/mol. The van der Waals surface area contributed by atoms with Crippen molar-refractivity contribution in [2.75, 3.05) is 11.9 Å². The summed E-state index contributed by atoms with van der Waals surface area (Å²) in [4.78, 5) is 0. The third kappa shape index (κ3) is 3.69. The maximum Gasteiger partial charge on any atom is 0.147 e. The maximum absolute atomic E-state index is 13.6. The van der Waals surface area contributed by atoms with Crippen molar-refractivity contribution in [3.05, 3.63) is 63.1 Å². The van der Waals surface area contributed by atoms with Crippen molar-refractivity contribution in [2.24, 2.45) is 0 Å². The predicted molar refractivity (Wildman–Crippen MR) is 79.0 cm³/mol. The van der Waals surface area contributed by atoms with E-state index < -0.39 is 17.7 Å². The van der Waals surface area contributed by atoms with Crippen LogP contribution in [-0.2, 0) is 0 Å². The summed E-state index contributed by atoms with van der Waals surface area (Å²) in [5, 5.41) is 13.2. The topological polar surface area (TPSA) is 32.3 Å². The Balaban J connectivity index is 2.05. The Morgan fingerprint density at radius 1 is 1.15 bits per heavy atom. The molecule has 2 aromatic rings. The Morgan fingerprint density at radius 2 is 1.80 bits per heavy atom. The molecule has 0 saturated heterocycles. The zero-order chi connectivity index (χ0) is 14.7. The molecule has 20 heavy (non-hydrogen) atoms. The van der Waals surface area contributed by atoms with E-state index in [9.17, 15) is 13.9 Å². The quantitative estimate of drug-likeness (QED) is 0.784. The molecule has 0 aliphatic carbocycles. The molecule has 0 saturated carbocycles. The summed E-state index contributed by atoms with van der Waals surface area (Å²) >= 11 is 8.65. The highest BCUT2D eigenvalue weighted by atomic mass is 79.9. The van der Waals surface area contributed by atoms with Gasteiger partial charge < -0.3 is 10.4 Å². The van der Waals surface area contributed by atoms with E-state index in [0.717, 1.165) is 12.1 Å².